The van der Waals surface area contributed by atoms with Crippen molar-refractivity contribution in [2.24, 2.45) is 0 Å². The third kappa shape index (κ3) is 1.70. The maximum Gasteiger partial charge on any atom is 0.141 e. The van der Waals surface area contributed by atoms with E-state index in [2.05, 4.69) is 21.9 Å². The minimum atomic E-state index is 0.696. The molecule has 2 aromatic rings. The summed E-state index contributed by atoms with van der Waals surface area (Å²) in [4.78, 5) is 11.8. The summed E-state index contributed by atoms with van der Waals surface area (Å²) in [5.41, 5.74) is 9.58. The van der Waals surface area contributed by atoms with Crippen molar-refractivity contribution in [1.82, 2.24) is 15.0 Å². The average Bonchev–Trinajstić information content (AvgIpc) is 2.60. The molecule has 0 saturated heterocycles. The van der Waals surface area contributed by atoms with Crippen LogP contribution in [0.25, 0.3) is 11.4 Å². The van der Waals surface area contributed by atoms with Crippen LogP contribution in [0.2, 0.25) is 0 Å². The van der Waals surface area contributed by atoms with Crippen molar-refractivity contribution in [3.8, 4) is 11.4 Å². The molecule has 0 aliphatic carbocycles. The van der Waals surface area contributed by atoms with Gasteiger partial charge in [0.1, 0.15) is 5.82 Å². The molecule has 15 heavy (non-hydrogen) atoms. The number of aromatic nitrogens is 3. The molecule has 3 N–H and O–H groups in total. The van der Waals surface area contributed by atoms with Gasteiger partial charge in [0.05, 0.1) is 11.3 Å². The van der Waals surface area contributed by atoms with E-state index in [-0.39, 0.29) is 0 Å². The summed E-state index contributed by atoms with van der Waals surface area (Å²) < 4.78 is 0. The predicted molar refractivity (Wildman–Crippen MR) is 60.3 cm³/mol. The lowest BCUT2D eigenvalue weighted by Gasteiger charge is -1.99. The zero-order valence-corrected chi connectivity index (χ0v) is 8.91. The van der Waals surface area contributed by atoms with Crippen molar-refractivity contribution >= 4 is 5.69 Å². The van der Waals surface area contributed by atoms with Crippen molar-refractivity contribution in [3.63, 3.8) is 0 Å². The van der Waals surface area contributed by atoms with Crippen molar-refractivity contribution < 1.29 is 0 Å². The van der Waals surface area contributed by atoms with Gasteiger partial charge in [-0.25, -0.2) is 4.98 Å². The summed E-state index contributed by atoms with van der Waals surface area (Å²) in [5, 5.41) is 0. The molecule has 0 radical (unpaired) electrons. The number of nitrogens with two attached hydrogens (primary N) is 1. The van der Waals surface area contributed by atoms with Crippen LogP contribution in [0.4, 0.5) is 5.69 Å². The number of hydrogen-bond donors (Lipinski definition) is 2. The number of anilines is 1. The fourth-order valence-corrected chi connectivity index (χ4v) is 1.57. The van der Waals surface area contributed by atoms with E-state index in [1.54, 1.807) is 18.5 Å². The van der Waals surface area contributed by atoms with Gasteiger partial charge < -0.3 is 10.7 Å². The second kappa shape index (κ2) is 3.73. The summed E-state index contributed by atoms with van der Waals surface area (Å²) in [6, 6.07) is 1.78. The van der Waals surface area contributed by atoms with Gasteiger partial charge >= 0.3 is 0 Å². The molecule has 0 unspecified atom stereocenters. The highest BCUT2D eigenvalue weighted by Gasteiger charge is 2.09. The highest BCUT2D eigenvalue weighted by molar-refractivity contribution is 5.70. The number of imidazole rings is 1. The molecule has 0 amide bonds. The van der Waals surface area contributed by atoms with Crippen LogP contribution >= 0.6 is 0 Å². The Labute approximate surface area is 88.6 Å². The quantitative estimate of drug-likeness (QED) is 0.781. The van der Waals surface area contributed by atoms with E-state index in [0.717, 1.165) is 29.2 Å². The molecule has 0 spiro atoms. The van der Waals surface area contributed by atoms with Crippen molar-refractivity contribution in [3.05, 3.63) is 29.8 Å². The van der Waals surface area contributed by atoms with Gasteiger partial charge in [0.15, 0.2) is 0 Å². The molecule has 4 heteroatoms. The molecule has 2 heterocycles. The summed E-state index contributed by atoms with van der Waals surface area (Å²) in [5.74, 6) is 0.801. The minimum Gasteiger partial charge on any atom is -0.398 e. The number of nitrogens with zero attached hydrogens (tertiary/aromatic N) is 2. The molecule has 2 rings (SSSR count). The number of aromatic amines is 1. The lowest BCUT2D eigenvalue weighted by atomic mass is 10.2. The Bertz CT molecular complexity index is 473. The number of nitrogen functional groups attached to an aromatic ring is 1. The van der Waals surface area contributed by atoms with Gasteiger partial charge in [-0.1, -0.05) is 6.92 Å². The number of nitrogens with one attached hydrogen (secondary N) is 1. The van der Waals surface area contributed by atoms with Crippen molar-refractivity contribution in [2.75, 3.05) is 5.73 Å². The minimum absolute atomic E-state index is 0.696. The first-order chi connectivity index (χ1) is 7.22. The smallest absolute Gasteiger partial charge is 0.141 e. The summed E-state index contributed by atoms with van der Waals surface area (Å²) in [6.45, 7) is 4.10. The third-order valence-corrected chi connectivity index (χ3v) is 2.43. The first-order valence-electron chi connectivity index (χ1n) is 4.97. The monoisotopic (exact) mass is 202 g/mol. The largest absolute Gasteiger partial charge is 0.398 e. The number of H-pyrrole nitrogens is 1. The van der Waals surface area contributed by atoms with E-state index < -0.39 is 0 Å². The first kappa shape index (κ1) is 9.71. The Kier molecular flexibility index (Phi) is 2.41. The Morgan fingerprint density at radius 2 is 2.27 bits per heavy atom. The second-order valence-electron chi connectivity index (χ2n) is 3.47. The molecule has 78 valence electrons. The number of hydrogen-bond acceptors (Lipinski definition) is 3. The lowest BCUT2D eigenvalue weighted by Crippen LogP contribution is -1.92. The maximum absolute atomic E-state index is 5.85. The molecule has 2 aromatic heterocycles. The average molecular weight is 202 g/mol. The fraction of sp³-hybridized carbons (Fsp3) is 0.273. The van der Waals surface area contributed by atoms with Crippen LogP contribution in [0.15, 0.2) is 18.5 Å². The molecule has 0 atom stereocenters. The molecule has 0 fully saturated rings. The molecule has 0 bridgehead atoms. The number of rotatable bonds is 2. The van der Waals surface area contributed by atoms with Gasteiger partial charge in [0.2, 0.25) is 0 Å². The van der Waals surface area contributed by atoms with Crippen LogP contribution in [-0.4, -0.2) is 15.0 Å². The topological polar surface area (TPSA) is 67.6 Å². The van der Waals surface area contributed by atoms with E-state index >= 15 is 0 Å². The van der Waals surface area contributed by atoms with E-state index in [0.29, 0.717) is 5.69 Å². The van der Waals surface area contributed by atoms with Crippen molar-refractivity contribution in [2.45, 2.75) is 20.3 Å². The van der Waals surface area contributed by atoms with Crippen molar-refractivity contribution in [1.29, 1.82) is 0 Å². The SMILES string of the molecule is CCc1nc(-c2cnccc2N)[nH]c1C. The third-order valence-electron chi connectivity index (χ3n) is 2.43. The Morgan fingerprint density at radius 3 is 2.87 bits per heavy atom. The van der Waals surface area contributed by atoms with Crippen LogP contribution in [-0.2, 0) is 6.42 Å². The summed E-state index contributed by atoms with van der Waals surface area (Å²) in [7, 11) is 0. The Hall–Kier alpha value is -1.84. The van der Waals surface area contributed by atoms with Crippen LogP contribution in [0, 0.1) is 6.92 Å². The zero-order valence-electron chi connectivity index (χ0n) is 8.91. The van der Waals surface area contributed by atoms with Gasteiger partial charge in [0, 0.05) is 23.8 Å². The van der Waals surface area contributed by atoms with Gasteiger partial charge in [-0.05, 0) is 19.4 Å². The fourth-order valence-electron chi connectivity index (χ4n) is 1.57. The van der Waals surface area contributed by atoms with Gasteiger partial charge in [-0.15, -0.1) is 0 Å². The normalized spacial score (nSPS) is 10.5. The van der Waals surface area contributed by atoms with Gasteiger partial charge in [0.25, 0.3) is 0 Å². The van der Waals surface area contributed by atoms with E-state index in [4.69, 9.17) is 5.73 Å². The second-order valence-corrected chi connectivity index (χ2v) is 3.47. The highest BCUT2D eigenvalue weighted by Crippen LogP contribution is 2.22. The predicted octanol–water partition coefficient (Wildman–Crippen LogP) is 1.92. The highest BCUT2D eigenvalue weighted by atomic mass is 14.9. The first-order valence-corrected chi connectivity index (χ1v) is 4.97. The van der Waals surface area contributed by atoms with E-state index in [9.17, 15) is 0 Å². The van der Waals surface area contributed by atoms with Crippen LogP contribution in [0.1, 0.15) is 18.3 Å². The Morgan fingerprint density at radius 1 is 1.47 bits per heavy atom. The Balaban J connectivity index is 2.50. The summed E-state index contributed by atoms with van der Waals surface area (Å²) >= 11 is 0. The van der Waals surface area contributed by atoms with E-state index in [1.165, 1.54) is 0 Å². The van der Waals surface area contributed by atoms with Crippen LogP contribution in [0.5, 0.6) is 0 Å². The maximum atomic E-state index is 5.85. The van der Waals surface area contributed by atoms with Gasteiger partial charge in [-0.2, -0.15) is 0 Å². The molecule has 0 aromatic carbocycles. The zero-order chi connectivity index (χ0) is 10.8. The van der Waals surface area contributed by atoms with E-state index in [1.807, 2.05) is 6.92 Å². The molecule has 0 saturated carbocycles. The number of pyridine rings is 1. The van der Waals surface area contributed by atoms with Crippen LogP contribution in [0.3, 0.4) is 0 Å². The molecule has 0 aliphatic rings. The standard InChI is InChI=1S/C11H14N4/c1-3-10-7(2)14-11(15-10)8-6-13-5-4-9(8)12/h4-6H,3H2,1-2H3,(H2,12,13)(H,14,15). The molecule has 4 nitrogen and oxygen atoms in total. The van der Waals surface area contributed by atoms with Gasteiger partial charge in [-0.3, -0.25) is 4.98 Å². The number of aryl methyl sites for hydroxylation is 2. The molecule has 0 aliphatic heterocycles. The lowest BCUT2D eigenvalue weighted by molar-refractivity contribution is 1.04. The molecular weight excluding hydrogens is 188 g/mol. The van der Waals surface area contributed by atoms with Crippen LogP contribution < -0.4 is 5.73 Å². The summed E-state index contributed by atoms with van der Waals surface area (Å²) in [6.07, 6.45) is 4.32. The molecular formula is C11H14N4.